The van der Waals surface area contributed by atoms with Crippen LogP contribution in [-0.2, 0) is 11.3 Å². The minimum atomic E-state index is -0.342. The number of aromatic nitrogens is 2. The van der Waals surface area contributed by atoms with Crippen molar-refractivity contribution in [3.8, 4) is 11.4 Å². The zero-order valence-electron chi connectivity index (χ0n) is 15.3. The Hall–Kier alpha value is -2.58. The largest absolute Gasteiger partial charge is 0.350 e. The van der Waals surface area contributed by atoms with Crippen LogP contribution in [-0.4, -0.2) is 34.0 Å². The molecule has 8 heteroatoms. The van der Waals surface area contributed by atoms with Gasteiger partial charge in [0.1, 0.15) is 5.82 Å². The Bertz CT molecular complexity index is 928. The maximum atomic E-state index is 13.5. The van der Waals surface area contributed by atoms with E-state index in [1.807, 2.05) is 17.5 Å². The van der Waals surface area contributed by atoms with E-state index in [9.17, 15) is 9.18 Å². The van der Waals surface area contributed by atoms with Gasteiger partial charge in [-0.05, 0) is 43.0 Å². The number of nitrogens with one attached hydrogen (secondary N) is 1. The molecule has 1 saturated heterocycles. The Morgan fingerprint density at radius 1 is 1.32 bits per heavy atom. The van der Waals surface area contributed by atoms with E-state index in [0.29, 0.717) is 23.8 Å². The smallest absolute Gasteiger partial charge is 0.244 e. The number of nitrogens with zero attached hydrogens (tertiary/aromatic N) is 3. The van der Waals surface area contributed by atoms with Gasteiger partial charge >= 0.3 is 0 Å². The van der Waals surface area contributed by atoms with Crippen LogP contribution in [0.2, 0.25) is 0 Å². The number of halogens is 1. The van der Waals surface area contributed by atoms with E-state index < -0.39 is 0 Å². The summed E-state index contributed by atoms with van der Waals surface area (Å²) in [5.41, 5.74) is 0.575. The van der Waals surface area contributed by atoms with Crippen molar-refractivity contribution in [1.82, 2.24) is 20.4 Å². The molecule has 1 aliphatic heterocycles. The number of rotatable bonds is 6. The predicted octanol–water partition coefficient (Wildman–Crippen LogP) is 3.78. The van der Waals surface area contributed by atoms with Gasteiger partial charge in [0.15, 0.2) is 0 Å². The monoisotopic (exact) mass is 400 g/mol. The molecule has 146 valence electrons. The lowest BCUT2D eigenvalue weighted by Gasteiger charge is -2.32. The Kier molecular flexibility index (Phi) is 5.78. The molecule has 0 bridgehead atoms. The third-order valence-electron chi connectivity index (χ3n) is 4.81. The molecule has 3 heterocycles. The fourth-order valence-electron chi connectivity index (χ4n) is 3.41. The number of carbonyl (C=O) groups excluding carboxylic acids is 1. The van der Waals surface area contributed by atoms with Crippen LogP contribution in [0.4, 0.5) is 4.39 Å². The molecule has 0 unspecified atom stereocenters. The summed E-state index contributed by atoms with van der Waals surface area (Å²) in [4.78, 5) is 20.1. The SMILES string of the molecule is O=C(CN1CCCC[C@@H]1c1nc(-c2cccc(F)c2)no1)NCc1cccs1. The molecule has 0 aliphatic carbocycles. The molecular weight excluding hydrogens is 379 g/mol. The first-order valence-electron chi connectivity index (χ1n) is 9.32. The van der Waals surface area contributed by atoms with Crippen molar-refractivity contribution in [2.24, 2.45) is 0 Å². The van der Waals surface area contributed by atoms with Crippen LogP contribution in [0, 0.1) is 5.82 Å². The zero-order chi connectivity index (χ0) is 19.3. The standard InChI is InChI=1S/C20H21FN4O2S/c21-15-6-3-5-14(11-15)19-23-20(27-24-19)17-8-1-2-9-25(17)13-18(26)22-12-16-7-4-10-28-16/h3-7,10-11,17H,1-2,8-9,12-13H2,(H,22,26)/t17-/m1/s1. The molecule has 0 saturated carbocycles. The summed E-state index contributed by atoms with van der Waals surface area (Å²) in [6.07, 6.45) is 2.91. The zero-order valence-corrected chi connectivity index (χ0v) is 16.1. The fraction of sp³-hybridized carbons (Fsp3) is 0.350. The molecule has 3 aromatic rings. The molecule has 0 spiro atoms. The summed E-state index contributed by atoms with van der Waals surface area (Å²) in [6.45, 7) is 1.63. The summed E-state index contributed by atoms with van der Waals surface area (Å²) in [7, 11) is 0. The van der Waals surface area contributed by atoms with Crippen molar-refractivity contribution in [1.29, 1.82) is 0 Å². The van der Waals surface area contributed by atoms with Crippen molar-refractivity contribution in [3.63, 3.8) is 0 Å². The molecule has 1 fully saturated rings. The molecule has 1 amide bonds. The van der Waals surface area contributed by atoms with Crippen molar-refractivity contribution in [2.75, 3.05) is 13.1 Å². The van der Waals surface area contributed by atoms with Crippen LogP contribution in [0.5, 0.6) is 0 Å². The van der Waals surface area contributed by atoms with E-state index in [1.165, 1.54) is 12.1 Å². The molecule has 2 aromatic heterocycles. The second-order valence-corrected chi connectivity index (χ2v) is 7.84. The van der Waals surface area contributed by atoms with Gasteiger partial charge in [-0.1, -0.05) is 29.8 Å². The first-order valence-corrected chi connectivity index (χ1v) is 10.2. The van der Waals surface area contributed by atoms with E-state index in [-0.39, 0.29) is 24.3 Å². The summed E-state index contributed by atoms with van der Waals surface area (Å²) in [5.74, 6) is 0.475. The molecule has 28 heavy (non-hydrogen) atoms. The summed E-state index contributed by atoms with van der Waals surface area (Å²) in [5, 5.41) is 8.96. The first-order chi connectivity index (χ1) is 13.7. The van der Waals surface area contributed by atoms with Crippen molar-refractivity contribution >= 4 is 17.2 Å². The van der Waals surface area contributed by atoms with Gasteiger partial charge < -0.3 is 9.84 Å². The maximum Gasteiger partial charge on any atom is 0.244 e. The Labute approximate surface area is 166 Å². The number of amides is 1. The highest BCUT2D eigenvalue weighted by molar-refractivity contribution is 7.09. The first kappa shape index (κ1) is 18.8. The topological polar surface area (TPSA) is 71.3 Å². The number of likely N-dealkylation sites (tertiary alicyclic amines) is 1. The van der Waals surface area contributed by atoms with Crippen LogP contribution >= 0.6 is 11.3 Å². The van der Waals surface area contributed by atoms with Crippen LogP contribution in [0.25, 0.3) is 11.4 Å². The van der Waals surface area contributed by atoms with E-state index >= 15 is 0 Å². The van der Waals surface area contributed by atoms with Gasteiger partial charge in [0.2, 0.25) is 17.6 Å². The second kappa shape index (κ2) is 8.62. The van der Waals surface area contributed by atoms with Crippen LogP contribution < -0.4 is 5.32 Å². The third-order valence-corrected chi connectivity index (χ3v) is 5.69. The average Bonchev–Trinajstić information content (AvgIpc) is 3.39. The van der Waals surface area contributed by atoms with Crippen LogP contribution in [0.15, 0.2) is 46.3 Å². The lowest BCUT2D eigenvalue weighted by Crippen LogP contribution is -2.41. The molecule has 1 aromatic carbocycles. The van der Waals surface area contributed by atoms with Gasteiger partial charge in [0, 0.05) is 10.4 Å². The highest BCUT2D eigenvalue weighted by Gasteiger charge is 2.30. The van der Waals surface area contributed by atoms with E-state index in [1.54, 1.807) is 23.5 Å². The molecular formula is C20H21FN4O2S. The molecule has 4 rings (SSSR count). The number of hydrogen-bond acceptors (Lipinski definition) is 6. The number of thiophene rings is 1. The molecule has 1 N–H and O–H groups in total. The number of carbonyl (C=O) groups is 1. The Morgan fingerprint density at radius 3 is 3.07 bits per heavy atom. The normalized spacial score (nSPS) is 17.5. The number of benzene rings is 1. The van der Waals surface area contributed by atoms with Gasteiger partial charge in [-0.15, -0.1) is 11.3 Å². The Balaban J connectivity index is 1.43. The van der Waals surface area contributed by atoms with E-state index in [4.69, 9.17) is 4.52 Å². The molecule has 1 atom stereocenters. The van der Waals surface area contributed by atoms with Gasteiger partial charge in [-0.3, -0.25) is 9.69 Å². The fourth-order valence-corrected chi connectivity index (χ4v) is 4.06. The van der Waals surface area contributed by atoms with Gasteiger partial charge in [0.25, 0.3) is 0 Å². The quantitative estimate of drug-likeness (QED) is 0.682. The van der Waals surface area contributed by atoms with Gasteiger partial charge in [0.05, 0.1) is 19.1 Å². The summed E-state index contributed by atoms with van der Waals surface area (Å²) >= 11 is 1.62. The van der Waals surface area contributed by atoms with E-state index in [2.05, 4.69) is 20.4 Å². The predicted molar refractivity (Wildman–Crippen MR) is 104 cm³/mol. The summed E-state index contributed by atoms with van der Waals surface area (Å²) in [6, 6.07) is 9.99. The highest BCUT2D eigenvalue weighted by Crippen LogP contribution is 2.31. The molecule has 6 nitrogen and oxygen atoms in total. The van der Waals surface area contributed by atoms with Crippen LogP contribution in [0.1, 0.15) is 36.1 Å². The minimum absolute atomic E-state index is 0.0230. The average molecular weight is 400 g/mol. The summed E-state index contributed by atoms with van der Waals surface area (Å²) < 4.78 is 18.9. The number of piperidine rings is 1. The molecule has 1 aliphatic rings. The number of hydrogen-bond donors (Lipinski definition) is 1. The third kappa shape index (κ3) is 4.45. The molecule has 0 radical (unpaired) electrons. The van der Waals surface area contributed by atoms with Gasteiger partial charge in [-0.2, -0.15) is 4.98 Å². The highest BCUT2D eigenvalue weighted by atomic mass is 32.1. The Morgan fingerprint density at radius 2 is 2.25 bits per heavy atom. The lowest BCUT2D eigenvalue weighted by molar-refractivity contribution is -0.123. The van der Waals surface area contributed by atoms with Crippen molar-refractivity contribution < 1.29 is 13.7 Å². The van der Waals surface area contributed by atoms with Gasteiger partial charge in [-0.25, -0.2) is 4.39 Å². The minimum Gasteiger partial charge on any atom is -0.350 e. The van der Waals surface area contributed by atoms with E-state index in [0.717, 1.165) is 30.7 Å². The maximum absolute atomic E-state index is 13.5. The van der Waals surface area contributed by atoms with Crippen LogP contribution in [0.3, 0.4) is 0 Å². The van der Waals surface area contributed by atoms with Crippen molar-refractivity contribution in [3.05, 3.63) is 58.4 Å². The lowest BCUT2D eigenvalue weighted by atomic mass is 10.0. The second-order valence-electron chi connectivity index (χ2n) is 6.80. The van der Waals surface area contributed by atoms with Crippen molar-refractivity contribution in [2.45, 2.75) is 31.8 Å².